The van der Waals surface area contributed by atoms with Crippen LogP contribution in [-0.2, 0) is 9.47 Å². The molecule has 0 aromatic heterocycles. The van der Waals surface area contributed by atoms with Crippen molar-refractivity contribution in [3.05, 3.63) is 34.7 Å². The second-order valence-corrected chi connectivity index (χ2v) is 10.6. The quantitative estimate of drug-likeness (QED) is 0.777. The van der Waals surface area contributed by atoms with Crippen molar-refractivity contribution in [2.75, 3.05) is 19.7 Å². The second kappa shape index (κ2) is 7.13. The Morgan fingerprint density at radius 1 is 0.966 bits per heavy atom. The number of hydrogen-bond donors (Lipinski definition) is 1. The van der Waals surface area contributed by atoms with E-state index < -0.39 is 0 Å². The molecule has 1 saturated heterocycles. The lowest BCUT2D eigenvalue weighted by molar-refractivity contribution is -0.162. The van der Waals surface area contributed by atoms with Gasteiger partial charge < -0.3 is 14.8 Å². The Kier molecular flexibility index (Phi) is 4.54. The average molecular weight is 394 g/mol. The summed E-state index contributed by atoms with van der Waals surface area (Å²) in [4.78, 5) is 0. The van der Waals surface area contributed by atoms with E-state index >= 15 is 0 Å². The molecule has 29 heavy (non-hydrogen) atoms. The lowest BCUT2D eigenvalue weighted by Gasteiger charge is -2.56. The predicted octanol–water partition coefficient (Wildman–Crippen LogP) is 3.49. The fraction of sp³-hybridized carbons (Fsp3) is 0.692. The molecule has 1 N–H and O–H groups in total. The molecule has 156 valence electrons. The first kappa shape index (κ1) is 18.4. The molecule has 4 saturated carbocycles. The Hall–Kier alpha value is -1.32. The molecule has 0 unspecified atom stereocenters. The Morgan fingerprint density at radius 2 is 1.66 bits per heavy atom. The number of fused-ring (bicyclic) bond motifs is 1. The van der Waals surface area contributed by atoms with Crippen LogP contribution in [0.2, 0.25) is 0 Å². The number of ether oxygens (including phenoxy) is 2. The monoisotopic (exact) mass is 393 g/mol. The summed E-state index contributed by atoms with van der Waals surface area (Å²) in [6.07, 6.45) is 15.0. The van der Waals surface area contributed by atoms with Crippen molar-refractivity contribution >= 4 is 11.8 Å². The lowest BCUT2D eigenvalue weighted by Crippen LogP contribution is -2.52. The van der Waals surface area contributed by atoms with E-state index in [0.29, 0.717) is 0 Å². The Balaban J connectivity index is 1.14. The van der Waals surface area contributed by atoms with Gasteiger partial charge in [-0.1, -0.05) is 24.3 Å². The Morgan fingerprint density at radius 3 is 2.38 bits per heavy atom. The van der Waals surface area contributed by atoms with Gasteiger partial charge in [-0.3, -0.25) is 0 Å². The van der Waals surface area contributed by atoms with E-state index in [0.717, 1.165) is 63.1 Å². The van der Waals surface area contributed by atoms with Crippen LogP contribution in [0, 0.1) is 17.8 Å². The molecule has 3 heteroatoms. The SMILES string of the molecule is C1=c2ccccc2=C(CCCOC23CC4CC(CC(C4)C2)C3)OC12CCNCC2. The normalized spacial score (nSPS) is 36.6. The van der Waals surface area contributed by atoms with Crippen LogP contribution in [0.5, 0.6) is 0 Å². The van der Waals surface area contributed by atoms with E-state index in [4.69, 9.17) is 9.47 Å². The van der Waals surface area contributed by atoms with Crippen molar-refractivity contribution in [3.8, 4) is 0 Å². The summed E-state index contributed by atoms with van der Waals surface area (Å²) in [5.74, 6) is 4.07. The highest BCUT2D eigenvalue weighted by Crippen LogP contribution is 2.57. The molecular formula is C26H35NO2. The largest absolute Gasteiger partial charge is 0.487 e. The van der Waals surface area contributed by atoms with Gasteiger partial charge in [0.25, 0.3) is 0 Å². The van der Waals surface area contributed by atoms with Gasteiger partial charge in [-0.05, 0) is 87.1 Å². The van der Waals surface area contributed by atoms with E-state index in [1.165, 1.54) is 54.7 Å². The minimum Gasteiger partial charge on any atom is -0.487 e. The molecule has 0 atom stereocenters. The zero-order valence-electron chi connectivity index (χ0n) is 17.6. The topological polar surface area (TPSA) is 30.5 Å². The van der Waals surface area contributed by atoms with Gasteiger partial charge in [0.2, 0.25) is 0 Å². The van der Waals surface area contributed by atoms with Crippen LogP contribution in [0.4, 0.5) is 0 Å². The van der Waals surface area contributed by atoms with Gasteiger partial charge in [0.05, 0.1) is 5.60 Å². The highest BCUT2D eigenvalue weighted by Gasteiger charge is 2.51. The number of benzene rings is 1. The molecule has 7 rings (SSSR count). The molecule has 1 aromatic rings. The molecule has 0 radical (unpaired) electrons. The molecule has 1 aromatic carbocycles. The zero-order chi connectivity index (χ0) is 19.3. The van der Waals surface area contributed by atoms with Gasteiger partial charge in [-0.15, -0.1) is 0 Å². The summed E-state index contributed by atoms with van der Waals surface area (Å²) in [5.41, 5.74) is 0.129. The van der Waals surface area contributed by atoms with Gasteiger partial charge in [-0.2, -0.15) is 0 Å². The van der Waals surface area contributed by atoms with Crippen LogP contribution in [0.1, 0.15) is 64.2 Å². The Bertz CT molecular complexity index is 847. The van der Waals surface area contributed by atoms with E-state index in [-0.39, 0.29) is 11.2 Å². The smallest absolute Gasteiger partial charge is 0.130 e. The van der Waals surface area contributed by atoms with Crippen molar-refractivity contribution in [2.45, 2.75) is 75.4 Å². The standard InChI is InChI=1S/C26H35NO2/c1-2-5-23-22(4-1)18-25(7-9-27-10-8-25)29-24(23)6-3-11-28-26-15-19-12-20(16-26)14-21(13-19)17-26/h1-2,4-5,18-21,27H,3,6-17H2. The van der Waals surface area contributed by atoms with E-state index in [1.54, 1.807) is 0 Å². The van der Waals surface area contributed by atoms with Gasteiger partial charge in [0.1, 0.15) is 11.4 Å². The fourth-order valence-corrected chi connectivity index (χ4v) is 7.50. The van der Waals surface area contributed by atoms with Crippen molar-refractivity contribution in [1.82, 2.24) is 5.32 Å². The molecule has 4 bridgehead atoms. The molecule has 2 aliphatic heterocycles. The summed E-state index contributed by atoms with van der Waals surface area (Å²) >= 11 is 0. The first-order valence-corrected chi connectivity index (χ1v) is 12.1. The van der Waals surface area contributed by atoms with E-state index in [9.17, 15) is 0 Å². The highest BCUT2D eigenvalue weighted by atomic mass is 16.5. The maximum atomic E-state index is 6.70. The zero-order valence-corrected chi connectivity index (χ0v) is 17.6. The van der Waals surface area contributed by atoms with Gasteiger partial charge in [-0.25, -0.2) is 0 Å². The molecule has 6 aliphatic rings. The summed E-state index contributed by atoms with van der Waals surface area (Å²) in [6.45, 7) is 2.97. The van der Waals surface area contributed by atoms with Crippen molar-refractivity contribution in [1.29, 1.82) is 0 Å². The number of nitrogens with one attached hydrogen (secondary N) is 1. The lowest BCUT2D eigenvalue weighted by atomic mass is 9.54. The first-order chi connectivity index (χ1) is 14.2. The summed E-state index contributed by atoms with van der Waals surface area (Å²) < 4.78 is 13.4. The molecule has 0 amide bonds. The molecule has 2 heterocycles. The first-order valence-electron chi connectivity index (χ1n) is 12.1. The maximum Gasteiger partial charge on any atom is 0.130 e. The predicted molar refractivity (Wildman–Crippen MR) is 116 cm³/mol. The van der Waals surface area contributed by atoms with E-state index in [2.05, 4.69) is 35.7 Å². The van der Waals surface area contributed by atoms with Crippen molar-refractivity contribution in [2.24, 2.45) is 17.8 Å². The van der Waals surface area contributed by atoms with Crippen LogP contribution in [0.25, 0.3) is 11.8 Å². The number of rotatable bonds is 5. The van der Waals surface area contributed by atoms with Crippen LogP contribution < -0.4 is 15.8 Å². The highest BCUT2D eigenvalue weighted by molar-refractivity contribution is 5.50. The third kappa shape index (κ3) is 3.45. The van der Waals surface area contributed by atoms with Gasteiger partial charge >= 0.3 is 0 Å². The molecule has 3 nitrogen and oxygen atoms in total. The molecule has 1 spiro atoms. The van der Waals surface area contributed by atoms with Gasteiger partial charge in [0.15, 0.2) is 0 Å². The molecule has 5 fully saturated rings. The summed E-state index contributed by atoms with van der Waals surface area (Å²) in [5, 5.41) is 6.14. The molecule has 4 aliphatic carbocycles. The van der Waals surface area contributed by atoms with Gasteiger partial charge in [0, 0.05) is 31.1 Å². The minimum absolute atomic E-state index is 0.101. The van der Waals surface area contributed by atoms with Crippen LogP contribution in [0.15, 0.2) is 24.3 Å². The third-order valence-corrected chi connectivity index (χ3v) is 8.39. The van der Waals surface area contributed by atoms with Crippen LogP contribution >= 0.6 is 0 Å². The van der Waals surface area contributed by atoms with Crippen molar-refractivity contribution < 1.29 is 9.47 Å². The fourth-order valence-electron chi connectivity index (χ4n) is 7.50. The number of piperidine rings is 1. The average Bonchev–Trinajstić information content (AvgIpc) is 2.71. The third-order valence-electron chi connectivity index (χ3n) is 8.39. The summed E-state index contributed by atoms with van der Waals surface area (Å²) in [7, 11) is 0. The van der Waals surface area contributed by atoms with Crippen LogP contribution in [0.3, 0.4) is 0 Å². The van der Waals surface area contributed by atoms with E-state index in [1.807, 2.05) is 0 Å². The second-order valence-electron chi connectivity index (χ2n) is 10.6. The Labute approximate surface area is 174 Å². The van der Waals surface area contributed by atoms with Crippen LogP contribution in [-0.4, -0.2) is 30.9 Å². The summed E-state index contributed by atoms with van der Waals surface area (Å²) in [6, 6.07) is 8.79. The molecular weight excluding hydrogens is 358 g/mol. The number of hydrogen-bond acceptors (Lipinski definition) is 3. The minimum atomic E-state index is -0.101. The maximum absolute atomic E-state index is 6.70. The van der Waals surface area contributed by atoms with Crippen molar-refractivity contribution in [3.63, 3.8) is 0 Å².